The molecule has 3 saturated carbocycles. The average molecular weight is 387 g/mol. The molecule has 0 aliphatic heterocycles. The lowest BCUT2D eigenvalue weighted by Gasteiger charge is -2.57. The van der Waals surface area contributed by atoms with Gasteiger partial charge in [-0.1, -0.05) is 65.5 Å². The summed E-state index contributed by atoms with van der Waals surface area (Å²) in [5, 5.41) is 10.2. The van der Waals surface area contributed by atoms with Gasteiger partial charge in [0, 0.05) is 0 Å². The summed E-state index contributed by atoms with van der Waals surface area (Å²) in [7, 11) is 0. The molecule has 4 aliphatic rings. The second kappa shape index (κ2) is 7.75. The van der Waals surface area contributed by atoms with Crippen molar-refractivity contribution in [3.8, 4) is 0 Å². The van der Waals surface area contributed by atoms with E-state index < -0.39 is 0 Å². The molecular weight excluding hydrogens is 340 g/mol. The molecule has 0 radical (unpaired) electrons. The first-order chi connectivity index (χ1) is 13.3. The van der Waals surface area contributed by atoms with Crippen molar-refractivity contribution in [1.29, 1.82) is 0 Å². The standard InChI is InChI=1S/C27H46O/c1-18(2)7-6-8-19(3)23-11-12-24-22-10-9-20-17-21(28)13-15-26(20,4)25(22)14-16-27(23,24)5/h10,18-21,23-25,28H,6-9,11-17H2,1-5H3/t19-,20+,21-,23-,24+,25+,26-,27+/m0/s1. The van der Waals surface area contributed by atoms with Crippen molar-refractivity contribution < 1.29 is 5.11 Å². The van der Waals surface area contributed by atoms with Crippen LogP contribution in [0.1, 0.15) is 105 Å². The Bertz CT molecular complexity index is 591. The summed E-state index contributed by atoms with van der Waals surface area (Å²) in [5.41, 5.74) is 2.89. The van der Waals surface area contributed by atoms with E-state index in [-0.39, 0.29) is 6.10 Å². The van der Waals surface area contributed by atoms with Crippen LogP contribution in [0.25, 0.3) is 0 Å². The molecule has 1 N–H and O–H groups in total. The minimum Gasteiger partial charge on any atom is -0.393 e. The Kier molecular flexibility index (Phi) is 5.80. The minimum absolute atomic E-state index is 0.0376. The molecule has 0 aromatic carbocycles. The zero-order valence-corrected chi connectivity index (χ0v) is 19.3. The van der Waals surface area contributed by atoms with Crippen LogP contribution in [0.3, 0.4) is 0 Å². The van der Waals surface area contributed by atoms with Crippen molar-refractivity contribution in [3.05, 3.63) is 11.6 Å². The van der Waals surface area contributed by atoms with Crippen molar-refractivity contribution in [2.45, 2.75) is 111 Å². The Morgan fingerprint density at radius 1 is 0.964 bits per heavy atom. The van der Waals surface area contributed by atoms with Gasteiger partial charge in [-0.05, 0) is 97.7 Å². The highest BCUT2D eigenvalue weighted by atomic mass is 16.3. The maximum Gasteiger partial charge on any atom is 0.0543 e. The number of allylic oxidation sites excluding steroid dienone is 2. The van der Waals surface area contributed by atoms with E-state index in [1.165, 1.54) is 57.8 Å². The molecule has 0 bridgehead atoms. The maximum atomic E-state index is 10.2. The van der Waals surface area contributed by atoms with Crippen LogP contribution in [0, 0.1) is 46.3 Å². The fraction of sp³-hybridized carbons (Fsp3) is 0.926. The van der Waals surface area contributed by atoms with Crippen LogP contribution in [-0.4, -0.2) is 11.2 Å². The summed E-state index contributed by atoms with van der Waals surface area (Å²) in [5.74, 6) is 5.07. The van der Waals surface area contributed by atoms with Crippen LogP contribution in [0.2, 0.25) is 0 Å². The van der Waals surface area contributed by atoms with E-state index in [9.17, 15) is 5.11 Å². The first-order valence-electron chi connectivity index (χ1n) is 12.6. The van der Waals surface area contributed by atoms with Crippen LogP contribution in [0.4, 0.5) is 0 Å². The molecule has 4 rings (SSSR count). The molecule has 0 spiro atoms. The Labute approximate surface area is 174 Å². The van der Waals surface area contributed by atoms with Gasteiger partial charge in [-0.3, -0.25) is 0 Å². The highest BCUT2D eigenvalue weighted by molar-refractivity contribution is 5.27. The molecule has 0 amide bonds. The molecule has 3 fully saturated rings. The molecule has 8 atom stereocenters. The van der Waals surface area contributed by atoms with Gasteiger partial charge < -0.3 is 5.11 Å². The van der Waals surface area contributed by atoms with Gasteiger partial charge in [0.2, 0.25) is 0 Å². The SMILES string of the molecule is CC(C)CCC[C@H](C)[C@@H]1CC[C@@H]2C3=CC[C@@H]4C[C@@H](O)CC[C@]4(C)[C@@H]3CC[C@@]21C. The molecule has 1 heteroatoms. The van der Waals surface area contributed by atoms with Gasteiger partial charge in [0.25, 0.3) is 0 Å². The zero-order chi connectivity index (χ0) is 20.1. The molecule has 0 aromatic heterocycles. The van der Waals surface area contributed by atoms with E-state index in [1.807, 2.05) is 5.57 Å². The number of hydrogen-bond donors (Lipinski definition) is 1. The van der Waals surface area contributed by atoms with Gasteiger partial charge in [0.05, 0.1) is 6.10 Å². The number of aliphatic hydroxyl groups is 1. The fourth-order valence-electron chi connectivity index (χ4n) is 8.51. The lowest BCUT2D eigenvalue weighted by atomic mass is 9.47. The lowest BCUT2D eigenvalue weighted by molar-refractivity contribution is -0.0427. The van der Waals surface area contributed by atoms with Crippen LogP contribution in [0.5, 0.6) is 0 Å². The number of fused-ring (bicyclic) bond motifs is 5. The molecular formula is C27H46O. The normalized spacial score (nSPS) is 46.5. The van der Waals surface area contributed by atoms with E-state index in [0.717, 1.165) is 48.3 Å². The van der Waals surface area contributed by atoms with Gasteiger partial charge in [-0.15, -0.1) is 0 Å². The largest absolute Gasteiger partial charge is 0.393 e. The summed E-state index contributed by atoms with van der Waals surface area (Å²) in [6, 6.07) is 0. The van der Waals surface area contributed by atoms with Crippen LogP contribution in [-0.2, 0) is 0 Å². The van der Waals surface area contributed by atoms with Gasteiger partial charge in [-0.2, -0.15) is 0 Å². The van der Waals surface area contributed by atoms with Crippen LogP contribution < -0.4 is 0 Å². The summed E-state index contributed by atoms with van der Waals surface area (Å²) in [6.07, 6.45) is 17.2. The lowest BCUT2D eigenvalue weighted by Crippen LogP contribution is -2.49. The number of hydrogen-bond acceptors (Lipinski definition) is 1. The number of rotatable bonds is 5. The van der Waals surface area contributed by atoms with Crippen molar-refractivity contribution >= 4 is 0 Å². The van der Waals surface area contributed by atoms with Crippen molar-refractivity contribution in [2.24, 2.45) is 46.3 Å². The predicted molar refractivity (Wildman–Crippen MR) is 119 cm³/mol. The van der Waals surface area contributed by atoms with E-state index in [1.54, 1.807) is 0 Å². The van der Waals surface area contributed by atoms with E-state index in [0.29, 0.717) is 10.8 Å². The third-order valence-corrected chi connectivity index (χ3v) is 10.3. The van der Waals surface area contributed by atoms with Gasteiger partial charge in [0.1, 0.15) is 0 Å². The molecule has 0 aromatic rings. The van der Waals surface area contributed by atoms with Crippen molar-refractivity contribution in [1.82, 2.24) is 0 Å². The second-order valence-electron chi connectivity index (χ2n) is 12.2. The quantitative estimate of drug-likeness (QED) is 0.488. The van der Waals surface area contributed by atoms with Crippen molar-refractivity contribution in [2.75, 3.05) is 0 Å². The Hall–Kier alpha value is -0.300. The molecule has 160 valence electrons. The average Bonchev–Trinajstić information content (AvgIpc) is 2.99. The first-order valence-corrected chi connectivity index (χ1v) is 12.6. The molecule has 1 nitrogen and oxygen atoms in total. The van der Waals surface area contributed by atoms with E-state index in [4.69, 9.17) is 0 Å². The molecule has 0 heterocycles. The van der Waals surface area contributed by atoms with Crippen LogP contribution >= 0.6 is 0 Å². The van der Waals surface area contributed by atoms with Crippen molar-refractivity contribution in [3.63, 3.8) is 0 Å². The highest BCUT2D eigenvalue weighted by Crippen LogP contribution is 2.66. The Morgan fingerprint density at radius 3 is 2.43 bits per heavy atom. The summed E-state index contributed by atoms with van der Waals surface area (Å²) >= 11 is 0. The molecule has 28 heavy (non-hydrogen) atoms. The van der Waals surface area contributed by atoms with Gasteiger partial charge >= 0.3 is 0 Å². The van der Waals surface area contributed by atoms with Gasteiger partial charge in [0.15, 0.2) is 0 Å². The second-order valence-corrected chi connectivity index (χ2v) is 12.2. The monoisotopic (exact) mass is 386 g/mol. The van der Waals surface area contributed by atoms with E-state index in [2.05, 4.69) is 40.7 Å². The Morgan fingerprint density at radius 2 is 1.68 bits per heavy atom. The number of aliphatic hydroxyl groups excluding tert-OH is 1. The zero-order valence-electron chi connectivity index (χ0n) is 19.3. The van der Waals surface area contributed by atoms with Gasteiger partial charge in [-0.25, -0.2) is 0 Å². The summed E-state index contributed by atoms with van der Waals surface area (Å²) in [6.45, 7) is 12.6. The highest BCUT2D eigenvalue weighted by Gasteiger charge is 2.58. The summed E-state index contributed by atoms with van der Waals surface area (Å²) in [4.78, 5) is 0. The minimum atomic E-state index is -0.0376. The third kappa shape index (κ3) is 3.42. The fourth-order valence-corrected chi connectivity index (χ4v) is 8.51. The van der Waals surface area contributed by atoms with E-state index >= 15 is 0 Å². The molecule has 0 saturated heterocycles. The molecule has 0 unspecified atom stereocenters. The first kappa shape index (κ1) is 21.0. The maximum absolute atomic E-state index is 10.2. The Balaban J connectivity index is 1.50. The van der Waals surface area contributed by atoms with Crippen LogP contribution in [0.15, 0.2) is 11.6 Å². The smallest absolute Gasteiger partial charge is 0.0543 e. The predicted octanol–water partition coefficient (Wildman–Crippen LogP) is 7.39. The topological polar surface area (TPSA) is 20.2 Å². The summed E-state index contributed by atoms with van der Waals surface area (Å²) < 4.78 is 0. The third-order valence-electron chi connectivity index (χ3n) is 10.3. The molecule has 4 aliphatic carbocycles.